The van der Waals surface area contributed by atoms with Crippen LogP contribution in [0.25, 0.3) is 0 Å². The van der Waals surface area contributed by atoms with Crippen molar-refractivity contribution in [3.8, 4) is 0 Å². The smallest absolute Gasteiger partial charge is 0.0128 e. The largest absolute Gasteiger partial charge is 0.313 e. The van der Waals surface area contributed by atoms with E-state index in [9.17, 15) is 0 Å². The summed E-state index contributed by atoms with van der Waals surface area (Å²) in [6, 6.07) is 1.61. The molecule has 1 aliphatic carbocycles. The predicted octanol–water partition coefficient (Wildman–Crippen LogP) is 1.47. The molecule has 2 unspecified atom stereocenters. The van der Waals surface area contributed by atoms with Gasteiger partial charge in [-0.1, -0.05) is 13.8 Å². The van der Waals surface area contributed by atoms with Crippen LogP contribution in [-0.2, 0) is 0 Å². The van der Waals surface area contributed by atoms with Crippen LogP contribution in [0.2, 0.25) is 0 Å². The zero-order valence-electron chi connectivity index (χ0n) is 8.92. The van der Waals surface area contributed by atoms with Crippen molar-refractivity contribution >= 4 is 0 Å². The Bertz CT molecular complexity index is 167. The Hall–Kier alpha value is -0.0800. The van der Waals surface area contributed by atoms with Gasteiger partial charge in [0.1, 0.15) is 0 Å². The number of hydrogen-bond acceptors (Lipinski definition) is 2. The van der Waals surface area contributed by atoms with Gasteiger partial charge in [-0.25, -0.2) is 0 Å². The van der Waals surface area contributed by atoms with Gasteiger partial charge in [-0.2, -0.15) is 0 Å². The Morgan fingerprint density at radius 2 is 2.31 bits per heavy atom. The molecule has 0 spiro atoms. The molecule has 2 heteroatoms. The topological polar surface area (TPSA) is 15.3 Å². The number of hydrogen-bond donors (Lipinski definition) is 1. The van der Waals surface area contributed by atoms with Crippen molar-refractivity contribution < 1.29 is 0 Å². The molecular formula is C11H22N2. The molecular weight excluding hydrogens is 160 g/mol. The van der Waals surface area contributed by atoms with Crippen molar-refractivity contribution in [1.29, 1.82) is 0 Å². The molecule has 13 heavy (non-hydrogen) atoms. The van der Waals surface area contributed by atoms with Crippen molar-refractivity contribution in [1.82, 2.24) is 10.2 Å². The summed E-state index contributed by atoms with van der Waals surface area (Å²) in [5.74, 6) is 1.08. The molecule has 1 saturated heterocycles. The molecule has 0 radical (unpaired) electrons. The second kappa shape index (κ2) is 3.97. The molecule has 2 rings (SSSR count). The number of fused-ring (bicyclic) bond motifs is 1. The molecule has 1 saturated carbocycles. The molecule has 0 aromatic heterocycles. The van der Waals surface area contributed by atoms with Crippen LogP contribution < -0.4 is 5.32 Å². The number of piperidine rings is 1. The molecule has 0 aromatic carbocycles. The molecule has 1 aliphatic heterocycles. The SMILES string of the molecule is CC(C)NCCN1CCCC2CC21. The van der Waals surface area contributed by atoms with E-state index in [0.29, 0.717) is 6.04 Å². The fraction of sp³-hybridized carbons (Fsp3) is 1.00. The van der Waals surface area contributed by atoms with E-state index in [1.165, 1.54) is 38.9 Å². The van der Waals surface area contributed by atoms with Crippen LogP contribution in [0.4, 0.5) is 0 Å². The minimum atomic E-state index is 0.639. The summed E-state index contributed by atoms with van der Waals surface area (Å²) in [6.07, 6.45) is 4.42. The lowest BCUT2D eigenvalue weighted by Gasteiger charge is -2.26. The number of nitrogens with zero attached hydrogens (tertiary/aromatic N) is 1. The third kappa shape index (κ3) is 2.44. The maximum Gasteiger partial charge on any atom is 0.0128 e. The monoisotopic (exact) mass is 182 g/mol. The Kier molecular flexibility index (Phi) is 2.89. The summed E-state index contributed by atoms with van der Waals surface area (Å²) in [4.78, 5) is 2.68. The first-order valence-electron chi connectivity index (χ1n) is 5.75. The van der Waals surface area contributed by atoms with Crippen molar-refractivity contribution in [2.24, 2.45) is 5.92 Å². The molecule has 0 aromatic rings. The second-order valence-electron chi connectivity index (χ2n) is 4.85. The van der Waals surface area contributed by atoms with E-state index in [1.807, 2.05) is 0 Å². The average molecular weight is 182 g/mol. The highest BCUT2D eigenvalue weighted by Crippen LogP contribution is 2.42. The van der Waals surface area contributed by atoms with Crippen molar-refractivity contribution in [3.05, 3.63) is 0 Å². The zero-order chi connectivity index (χ0) is 9.26. The van der Waals surface area contributed by atoms with E-state index in [2.05, 4.69) is 24.1 Å². The normalized spacial score (nSPS) is 33.5. The van der Waals surface area contributed by atoms with Crippen molar-refractivity contribution in [2.45, 2.75) is 45.2 Å². The summed E-state index contributed by atoms with van der Waals surface area (Å²) in [6.45, 7) is 8.22. The molecule has 0 bridgehead atoms. The third-order valence-electron chi connectivity index (χ3n) is 3.33. The summed E-state index contributed by atoms with van der Waals surface area (Å²) < 4.78 is 0. The van der Waals surface area contributed by atoms with Gasteiger partial charge in [0, 0.05) is 25.2 Å². The highest BCUT2D eigenvalue weighted by Gasteiger charge is 2.43. The maximum absolute atomic E-state index is 3.49. The van der Waals surface area contributed by atoms with E-state index in [-0.39, 0.29) is 0 Å². The minimum Gasteiger partial charge on any atom is -0.313 e. The lowest BCUT2D eigenvalue weighted by atomic mass is 10.1. The van der Waals surface area contributed by atoms with Gasteiger partial charge in [0.2, 0.25) is 0 Å². The van der Waals surface area contributed by atoms with E-state index in [4.69, 9.17) is 0 Å². The Labute approximate surface area is 81.7 Å². The van der Waals surface area contributed by atoms with E-state index in [0.717, 1.165) is 12.0 Å². The first-order chi connectivity index (χ1) is 6.27. The summed E-state index contributed by atoms with van der Waals surface area (Å²) in [7, 11) is 0. The van der Waals surface area contributed by atoms with E-state index < -0.39 is 0 Å². The van der Waals surface area contributed by atoms with Crippen LogP contribution in [0.1, 0.15) is 33.1 Å². The van der Waals surface area contributed by atoms with Crippen LogP contribution in [-0.4, -0.2) is 36.6 Å². The van der Waals surface area contributed by atoms with Gasteiger partial charge >= 0.3 is 0 Å². The van der Waals surface area contributed by atoms with Crippen LogP contribution in [0.15, 0.2) is 0 Å². The molecule has 2 atom stereocenters. The standard InChI is InChI=1S/C11H22N2/c1-9(2)12-5-7-13-6-3-4-10-8-11(10)13/h9-12H,3-8H2,1-2H3. The van der Waals surface area contributed by atoms with Crippen LogP contribution in [0, 0.1) is 5.92 Å². The molecule has 1 heterocycles. The fourth-order valence-electron chi connectivity index (χ4n) is 2.49. The van der Waals surface area contributed by atoms with Gasteiger partial charge in [0.15, 0.2) is 0 Å². The van der Waals surface area contributed by atoms with Crippen molar-refractivity contribution in [2.75, 3.05) is 19.6 Å². The summed E-state index contributed by atoms with van der Waals surface area (Å²) >= 11 is 0. The van der Waals surface area contributed by atoms with E-state index in [1.54, 1.807) is 0 Å². The lowest BCUT2D eigenvalue weighted by molar-refractivity contribution is 0.214. The zero-order valence-corrected chi connectivity index (χ0v) is 8.92. The molecule has 2 fully saturated rings. The summed E-state index contributed by atoms with van der Waals surface area (Å²) in [5.41, 5.74) is 0. The molecule has 76 valence electrons. The average Bonchev–Trinajstić information content (AvgIpc) is 2.82. The highest BCUT2D eigenvalue weighted by atomic mass is 15.2. The maximum atomic E-state index is 3.49. The van der Waals surface area contributed by atoms with Crippen LogP contribution >= 0.6 is 0 Å². The molecule has 2 nitrogen and oxygen atoms in total. The second-order valence-corrected chi connectivity index (χ2v) is 4.85. The van der Waals surface area contributed by atoms with Crippen LogP contribution in [0.5, 0.6) is 0 Å². The Morgan fingerprint density at radius 3 is 3.08 bits per heavy atom. The molecule has 1 N–H and O–H groups in total. The van der Waals surface area contributed by atoms with Crippen molar-refractivity contribution in [3.63, 3.8) is 0 Å². The van der Waals surface area contributed by atoms with Gasteiger partial charge in [-0.3, -0.25) is 4.90 Å². The number of likely N-dealkylation sites (tertiary alicyclic amines) is 1. The van der Waals surface area contributed by atoms with E-state index >= 15 is 0 Å². The van der Waals surface area contributed by atoms with Gasteiger partial charge < -0.3 is 5.32 Å². The molecule has 0 amide bonds. The van der Waals surface area contributed by atoms with Gasteiger partial charge in [-0.05, 0) is 31.7 Å². The number of nitrogens with one attached hydrogen (secondary N) is 1. The summed E-state index contributed by atoms with van der Waals surface area (Å²) in [5, 5.41) is 3.49. The van der Waals surface area contributed by atoms with Crippen LogP contribution in [0.3, 0.4) is 0 Å². The minimum absolute atomic E-state index is 0.639. The highest BCUT2D eigenvalue weighted by molar-refractivity contribution is 4.98. The number of rotatable bonds is 4. The van der Waals surface area contributed by atoms with Gasteiger partial charge in [0.25, 0.3) is 0 Å². The Balaban J connectivity index is 1.64. The quantitative estimate of drug-likeness (QED) is 0.708. The third-order valence-corrected chi connectivity index (χ3v) is 3.33. The molecule has 2 aliphatic rings. The Morgan fingerprint density at radius 1 is 1.46 bits per heavy atom. The van der Waals surface area contributed by atoms with Gasteiger partial charge in [-0.15, -0.1) is 0 Å². The first-order valence-corrected chi connectivity index (χ1v) is 5.75. The fourth-order valence-corrected chi connectivity index (χ4v) is 2.49. The lowest BCUT2D eigenvalue weighted by Crippen LogP contribution is -2.38. The predicted molar refractivity (Wildman–Crippen MR) is 55.8 cm³/mol. The first kappa shape index (κ1) is 9.47. The van der Waals surface area contributed by atoms with Gasteiger partial charge in [0.05, 0.1) is 0 Å².